The van der Waals surface area contributed by atoms with Crippen LogP contribution < -0.4 is 14.5 Å². The van der Waals surface area contributed by atoms with Gasteiger partial charge >= 0.3 is 0 Å². The summed E-state index contributed by atoms with van der Waals surface area (Å²) in [5, 5.41) is 2.80. The van der Waals surface area contributed by atoms with E-state index >= 15 is 0 Å². The Morgan fingerprint density at radius 2 is 1.90 bits per heavy atom. The van der Waals surface area contributed by atoms with E-state index < -0.39 is 15.9 Å². The molecule has 7 nitrogen and oxygen atoms in total. The van der Waals surface area contributed by atoms with Crippen LogP contribution in [0.4, 0.5) is 11.4 Å². The number of rotatable bonds is 8. The molecule has 1 heterocycles. The molecule has 166 valence electrons. The Labute approximate surface area is 184 Å². The Morgan fingerprint density at radius 3 is 2.55 bits per heavy atom. The molecule has 2 aromatic rings. The topological polar surface area (TPSA) is 86.8 Å². The molecule has 0 atom stereocenters. The molecule has 0 aliphatic carbocycles. The van der Waals surface area contributed by atoms with Crippen LogP contribution in [0.25, 0.3) is 0 Å². The molecule has 1 saturated heterocycles. The molecule has 1 N–H and O–H groups in total. The summed E-state index contributed by atoms with van der Waals surface area (Å²) in [5.41, 5.74) is 3.05. The number of amides is 2. The summed E-state index contributed by atoms with van der Waals surface area (Å²) in [5.74, 6) is -0.181. The normalized spacial score (nSPS) is 14.2. The second-order valence-electron chi connectivity index (χ2n) is 8.08. The molecule has 31 heavy (non-hydrogen) atoms. The van der Waals surface area contributed by atoms with Crippen molar-refractivity contribution in [2.45, 2.75) is 39.2 Å². The highest BCUT2D eigenvalue weighted by Crippen LogP contribution is 2.29. The highest BCUT2D eigenvalue weighted by molar-refractivity contribution is 7.92. The lowest BCUT2D eigenvalue weighted by molar-refractivity contribution is -0.120. The number of carbonyl (C=O) groups is 2. The number of benzene rings is 2. The summed E-state index contributed by atoms with van der Waals surface area (Å²) < 4.78 is 26.0. The summed E-state index contributed by atoms with van der Waals surface area (Å²) in [6.07, 6.45) is 2.51. The Balaban J connectivity index is 1.71. The van der Waals surface area contributed by atoms with Crippen molar-refractivity contribution in [3.63, 3.8) is 0 Å². The maximum Gasteiger partial charge on any atom is 0.241 e. The zero-order valence-corrected chi connectivity index (χ0v) is 19.0. The number of sulfonamides is 1. The molecular weight excluding hydrogens is 414 g/mol. The van der Waals surface area contributed by atoms with Crippen LogP contribution in [0.15, 0.2) is 48.5 Å². The number of hydrogen-bond donors (Lipinski definition) is 1. The van der Waals surface area contributed by atoms with Crippen molar-refractivity contribution in [1.29, 1.82) is 0 Å². The minimum atomic E-state index is -3.65. The molecular formula is C23H29N3O4S. The molecule has 0 saturated carbocycles. The first-order valence-corrected chi connectivity index (χ1v) is 12.2. The van der Waals surface area contributed by atoms with E-state index in [2.05, 4.69) is 5.32 Å². The molecule has 0 unspecified atom stereocenters. The third-order valence-corrected chi connectivity index (χ3v) is 6.43. The van der Waals surface area contributed by atoms with Crippen LogP contribution in [0.5, 0.6) is 0 Å². The lowest BCUT2D eigenvalue weighted by Crippen LogP contribution is -2.40. The molecule has 1 fully saturated rings. The van der Waals surface area contributed by atoms with Crippen LogP contribution in [0.1, 0.15) is 43.7 Å². The van der Waals surface area contributed by atoms with Crippen molar-refractivity contribution >= 4 is 33.2 Å². The van der Waals surface area contributed by atoms with Gasteiger partial charge in [-0.2, -0.15) is 0 Å². The maximum absolute atomic E-state index is 12.6. The van der Waals surface area contributed by atoms with E-state index in [0.29, 0.717) is 18.7 Å². The molecule has 2 aromatic carbocycles. The van der Waals surface area contributed by atoms with Gasteiger partial charge < -0.3 is 10.2 Å². The van der Waals surface area contributed by atoms with E-state index in [0.717, 1.165) is 33.8 Å². The standard InChI is InChI=1S/C23H29N3O4S/c1-17(2)20-10-4-5-11-21(20)26(31(3,29)30)16-22(27)24-15-18-8-6-9-19(14-18)25-13-7-12-23(25)28/h4-6,8-11,14,17H,7,12-13,15-16H2,1-3H3,(H,24,27). The van der Waals surface area contributed by atoms with Crippen molar-refractivity contribution in [3.8, 4) is 0 Å². The van der Waals surface area contributed by atoms with Gasteiger partial charge in [0.15, 0.2) is 0 Å². The largest absolute Gasteiger partial charge is 0.350 e. The van der Waals surface area contributed by atoms with Crippen molar-refractivity contribution < 1.29 is 18.0 Å². The summed E-state index contributed by atoms with van der Waals surface area (Å²) in [6, 6.07) is 14.7. The van der Waals surface area contributed by atoms with Gasteiger partial charge in [0.1, 0.15) is 6.54 Å². The van der Waals surface area contributed by atoms with E-state index in [9.17, 15) is 18.0 Å². The second-order valence-corrected chi connectivity index (χ2v) is 9.99. The molecule has 0 spiro atoms. The Bertz CT molecular complexity index is 1070. The van der Waals surface area contributed by atoms with Crippen LogP contribution in [-0.4, -0.2) is 39.6 Å². The van der Waals surface area contributed by atoms with Crippen LogP contribution in [0.2, 0.25) is 0 Å². The molecule has 1 aliphatic rings. The molecule has 1 aliphatic heterocycles. The highest BCUT2D eigenvalue weighted by atomic mass is 32.2. The molecule has 0 aromatic heterocycles. The molecule has 3 rings (SSSR count). The van der Waals surface area contributed by atoms with E-state index in [-0.39, 0.29) is 24.9 Å². The monoisotopic (exact) mass is 443 g/mol. The van der Waals surface area contributed by atoms with Gasteiger partial charge in [0.2, 0.25) is 21.8 Å². The summed E-state index contributed by atoms with van der Waals surface area (Å²) in [4.78, 5) is 26.4. The molecule has 0 radical (unpaired) electrons. The third-order valence-electron chi connectivity index (χ3n) is 5.30. The number of anilines is 2. The SMILES string of the molecule is CC(C)c1ccccc1N(CC(=O)NCc1cccc(N2CCCC2=O)c1)S(C)(=O)=O. The van der Waals surface area contributed by atoms with Gasteiger partial charge in [-0.1, -0.05) is 44.2 Å². The smallest absolute Gasteiger partial charge is 0.241 e. The van der Waals surface area contributed by atoms with Crippen molar-refractivity contribution in [1.82, 2.24) is 5.32 Å². The van der Waals surface area contributed by atoms with Crippen molar-refractivity contribution in [3.05, 3.63) is 59.7 Å². The zero-order chi connectivity index (χ0) is 22.6. The number of hydrogen-bond acceptors (Lipinski definition) is 4. The lowest BCUT2D eigenvalue weighted by Gasteiger charge is -2.25. The number of nitrogens with zero attached hydrogens (tertiary/aromatic N) is 2. The van der Waals surface area contributed by atoms with Crippen LogP contribution in [0.3, 0.4) is 0 Å². The van der Waals surface area contributed by atoms with Crippen LogP contribution in [-0.2, 0) is 26.2 Å². The average molecular weight is 444 g/mol. The molecule has 8 heteroatoms. The predicted octanol–water partition coefficient (Wildman–Crippen LogP) is 3.02. The fourth-order valence-corrected chi connectivity index (χ4v) is 4.60. The summed E-state index contributed by atoms with van der Waals surface area (Å²) >= 11 is 0. The first-order valence-electron chi connectivity index (χ1n) is 10.4. The average Bonchev–Trinajstić information content (AvgIpc) is 3.16. The summed E-state index contributed by atoms with van der Waals surface area (Å²) in [7, 11) is -3.65. The van der Waals surface area contributed by atoms with Crippen molar-refractivity contribution in [2.24, 2.45) is 0 Å². The quantitative estimate of drug-likeness (QED) is 0.679. The van der Waals surface area contributed by atoms with Gasteiger partial charge in [0.25, 0.3) is 0 Å². The number of carbonyl (C=O) groups excluding carboxylic acids is 2. The Hall–Kier alpha value is -2.87. The van der Waals surface area contributed by atoms with Gasteiger partial charge in [0, 0.05) is 25.2 Å². The first kappa shape index (κ1) is 22.8. The fourth-order valence-electron chi connectivity index (χ4n) is 3.73. The lowest BCUT2D eigenvalue weighted by atomic mass is 10.0. The van der Waals surface area contributed by atoms with Gasteiger partial charge in [-0.3, -0.25) is 13.9 Å². The zero-order valence-electron chi connectivity index (χ0n) is 18.2. The Morgan fingerprint density at radius 1 is 1.16 bits per heavy atom. The van der Waals surface area contributed by atoms with Gasteiger partial charge in [-0.15, -0.1) is 0 Å². The third kappa shape index (κ3) is 5.64. The Kier molecular flexibility index (Phi) is 7.00. The minimum absolute atomic E-state index is 0.105. The fraction of sp³-hybridized carbons (Fsp3) is 0.391. The molecule has 0 bridgehead atoms. The van der Waals surface area contributed by atoms with E-state index in [4.69, 9.17) is 0 Å². The van der Waals surface area contributed by atoms with Crippen molar-refractivity contribution in [2.75, 3.05) is 28.6 Å². The highest BCUT2D eigenvalue weighted by Gasteiger charge is 2.24. The van der Waals surface area contributed by atoms with Gasteiger partial charge in [-0.05, 0) is 41.7 Å². The maximum atomic E-state index is 12.6. The van der Waals surface area contributed by atoms with E-state index in [1.807, 2.05) is 50.2 Å². The molecule has 2 amide bonds. The minimum Gasteiger partial charge on any atom is -0.350 e. The number of para-hydroxylation sites is 1. The van der Waals surface area contributed by atoms with Crippen LogP contribution >= 0.6 is 0 Å². The predicted molar refractivity (Wildman–Crippen MR) is 123 cm³/mol. The van der Waals surface area contributed by atoms with Gasteiger partial charge in [0.05, 0.1) is 11.9 Å². The number of nitrogens with one attached hydrogen (secondary N) is 1. The summed E-state index contributed by atoms with van der Waals surface area (Å²) in [6.45, 7) is 4.62. The van der Waals surface area contributed by atoms with E-state index in [1.165, 1.54) is 0 Å². The first-order chi connectivity index (χ1) is 14.7. The van der Waals surface area contributed by atoms with Crippen LogP contribution in [0, 0.1) is 0 Å². The second kappa shape index (κ2) is 9.51. The van der Waals surface area contributed by atoms with Gasteiger partial charge in [-0.25, -0.2) is 8.42 Å². The van der Waals surface area contributed by atoms with E-state index in [1.54, 1.807) is 17.0 Å².